The number of hydrogen-bond donors (Lipinski definition) is 2. The summed E-state index contributed by atoms with van der Waals surface area (Å²) in [6, 6.07) is -0.278. The molecule has 1 aliphatic rings. The van der Waals surface area contributed by atoms with E-state index in [-0.39, 0.29) is 18.5 Å². The molecule has 1 unspecified atom stereocenters. The molecule has 2 amide bonds. The van der Waals surface area contributed by atoms with Gasteiger partial charge in [0.15, 0.2) is 0 Å². The van der Waals surface area contributed by atoms with E-state index in [4.69, 9.17) is 5.11 Å². The largest absolute Gasteiger partial charge is 0.480 e. The Bertz CT molecular complexity index is 341. The summed E-state index contributed by atoms with van der Waals surface area (Å²) in [5.74, 6) is -0.356. The van der Waals surface area contributed by atoms with Crippen LogP contribution >= 0.6 is 0 Å². The first-order chi connectivity index (χ1) is 9.88. The maximum absolute atomic E-state index is 12.1. The van der Waals surface area contributed by atoms with Crippen molar-refractivity contribution in [1.29, 1.82) is 0 Å². The van der Waals surface area contributed by atoms with Gasteiger partial charge in [0.2, 0.25) is 0 Å². The van der Waals surface area contributed by atoms with Gasteiger partial charge in [0.05, 0.1) is 0 Å². The van der Waals surface area contributed by atoms with E-state index < -0.39 is 5.97 Å². The molecule has 0 aromatic rings. The SMILES string of the molecule is CC(C)CN(CC(=O)O)C(=O)NCC(C)CN1CCCC1. The van der Waals surface area contributed by atoms with Crippen molar-refractivity contribution in [3.05, 3.63) is 0 Å². The van der Waals surface area contributed by atoms with Crippen LogP contribution in [0.15, 0.2) is 0 Å². The van der Waals surface area contributed by atoms with E-state index in [9.17, 15) is 9.59 Å². The Hall–Kier alpha value is -1.30. The van der Waals surface area contributed by atoms with Crippen molar-refractivity contribution >= 4 is 12.0 Å². The lowest BCUT2D eigenvalue weighted by molar-refractivity contribution is -0.137. The highest BCUT2D eigenvalue weighted by atomic mass is 16.4. The van der Waals surface area contributed by atoms with E-state index in [0.29, 0.717) is 19.0 Å². The van der Waals surface area contributed by atoms with Crippen molar-refractivity contribution in [2.75, 3.05) is 39.3 Å². The molecule has 0 radical (unpaired) electrons. The van der Waals surface area contributed by atoms with Crippen LogP contribution in [-0.2, 0) is 4.79 Å². The van der Waals surface area contributed by atoms with Gasteiger partial charge in [-0.2, -0.15) is 0 Å². The zero-order valence-electron chi connectivity index (χ0n) is 13.5. The maximum Gasteiger partial charge on any atom is 0.323 e. The highest BCUT2D eigenvalue weighted by Gasteiger charge is 2.19. The summed E-state index contributed by atoms with van der Waals surface area (Å²) in [5.41, 5.74) is 0. The molecule has 6 heteroatoms. The van der Waals surface area contributed by atoms with Gasteiger partial charge in [0, 0.05) is 19.6 Å². The van der Waals surface area contributed by atoms with Crippen LogP contribution in [0.4, 0.5) is 4.79 Å². The smallest absolute Gasteiger partial charge is 0.323 e. The molecule has 0 aromatic heterocycles. The summed E-state index contributed by atoms with van der Waals surface area (Å²) in [4.78, 5) is 26.7. The second-order valence-electron chi connectivity index (χ2n) is 6.47. The number of amides is 2. The van der Waals surface area contributed by atoms with E-state index >= 15 is 0 Å². The highest BCUT2D eigenvalue weighted by Crippen LogP contribution is 2.09. The molecule has 21 heavy (non-hydrogen) atoms. The monoisotopic (exact) mass is 299 g/mol. The molecule has 1 fully saturated rings. The van der Waals surface area contributed by atoms with E-state index in [0.717, 1.165) is 19.6 Å². The number of likely N-dealkylation sites (tertiary alicyclic amines) is 1. The summed E-state index contributed by atoms with van der Waals surface area (Å²) in [7, 11) is 0. The quantitative estimate of drug-likeness (QED) is 0.712. The summed E-state index contributed by atoms with van der Waals surface area (Å²) in [5, 5.41) is 11.7. The van der Waals surface area contributed by atoms with Crippen molar-refractivity contribution in [1.82, 2.24) is 15.1 Å². The number of nitrogens with one attached hydrogen (secondary N) is 1. The molecule has 0 bridgehead atoms. The minimum Gasteiger partial charge on any atom is -0.480 e. The fraction of sp³-hybridized carbons (Fsp3) is 0.867. The molecule has 0 spiro atoms. The second-order valence-corrected chi connectivity index (χ2v) is 6.47. The maximum atomic E-state index is 12.1. The molecule has 2 N–H and O–H groups in total. The first-order valence-electron chi connectivity index (χ1n) is 7.85. The van der Waals surface area contributed by atoms with E-state index in [2.05, 4.69) is 17.1 Å². The fourth-order valence-corrected chi connectivity index (χ4v) is 2.67. The Labute approximate surface area is 127 Å². The summed E-state index contributed by atoms with van der Waals surface area (Å²) in [6.45, 7) is 10.1. The molecule has 1 saturated heterocycles. The van der Waals surface area contributed by atoms with Crippen molar-refractivity contribution in [2.24, 2.45) is 11.8 Å². The van der Waals surface area contributed by atoms with Crippen LogP contribution in [0, 0.1) is 11.8 Å². The number of aliphatic carboxylic acids is 1. The first kappa shape index (κ1) is 17.8. The van der Waals surface area contributed by atoms with Gasteiger partial charge in [-0.05, 0) is 37.8 Å². The summed E-state index contributed by atoms with van der Waals surface area (Å²) in [6.07, 6.45) is 2.53. The number of hydrogen-bond acceptors (Lipinski definition) is 3. The van der Waals surface area contributed by atoms with Gasteiger partial charge in [-0.1, -0.05) is 20.8 Å². The normalized spacial score (nSPS) is 17.0. The van der Waals surface area contributed by atoms with Crippen LogP contribution in [0.25, 0.3) is 0 Å². The average Bonchev–Trinajstić information content (AvgIpc) is 2.86. The third kappa shape index (κ3) is 7.32. The number of carbonyl (C=O) groups excluding carboxylic acids is 1. The first-order valence-corrected chi connectivity index (χ1v) is 7.85. The van der Waals surface area contributed by atoms with Crippen LogP contribution < -0.4 is 5.32 Å². The molecule has 0 saturated carbocycles. The van der Waals surface area contributed by atoms with Gasteiger partial charge in [0.1, 0.15) is 6.54 Å². The molecule has 0 aliphatic carbocycles. The lowest BCUT2D eigenvalue weighted by Gasteiger charge is -2.25. The molecule has 6 nitrogen and oxygen atoms in total. The number of carbonyl (C=O) groups is 2. The van der Waals surface area contributed by atoms with E-state index in [1.165, 1.54) is 17.7 Å². The van der Waals surface area contributed by atoms with Crippen LogP contribution in [0.5, 0.6) is 0 Å². The van der Waals surface area contributed by atoms with E-state index in [1.54, 1.807) is 0 Å². The molecule has 1 aliphatic heterocycles. The highest BCUT2D eigenvalue weighted by molar-refractivity contribution is 5.80. The topological polar surface area (TPSA) is 72.9 Å². The van der Waals surface area contributed by atoms with Gasteiger partial charge in [-0.3, -0.25) is 4.79 Å². The molecular weight excluding hydrogens is 270 g/mol. The van der Waals surface area contributed by atoms with E-state index in [1.807, 2.05) is 13.8 Å². The van der Waals surface area contributed by atoms with Gasteiger partial charge in [-0.15, -0.1) is 0 Å². The third-order valence-electron chi connectivity index (χ3n) is 3.57. The third-order valence-corrected chi connectivity index (χ3v) is 3.57. The van der Waals surface area contributed by atoms with Gasteiger partial charge in [-0.25, -0.2) is 4.79 Å². The lowest BCUT2D eigenvalue weighted by Crippen LogP contribution is -2.46. The Morgan fingerprint density at radius 2 is 1.86 bits per heavy atom. The van der Waals surface area contributed by atoms with Crippen LogP contribution in [0.3, 0.4) is 0 Å². The van der Waals surface area contributed by atoms with Crippen LogP contribution in [-0.4, -0.2) is 66.2 Å². The number of urea groups is 1. The fourth-order valence-electron chi connectivity index (χ4n) is 2.67. The average molecular weight is 299 g/mol. The lowest BCUT2D eigenvalue weighted by atomic mass is 10.1. The number of carboxylic acids is 1. The Balaban J connectivity index is 2.35. The molecular formula is C15H29N3O3. The van der Waals surface area contributed by atoms with Gasteiger partial charge in [0.25, 0.3) is 0 Å². The Morgan fingerprint density at radius 1 is 1.24 bits per heavy atom. The minimum absolute atomic E-state index is 0.246. The minimum atomic E-state index is -0.976. The predicted octanol–water partition coefficient (Wildman–Crippen LogP) is 1.47. The van der Waals surface area contributed by atoms with Crippen LogP contribution in [0.2, 0.25) is 0 Å². The predicted molar refractivity (Wildman–Crippen MR) is 82.3 cm³/mol. The number of rotatable bonds is 8. The zero-order valence-corrected chi connectivity index (χ0v) is 13.5. The summed E-state index contributed by atoms with van der Waals surface area (Å²) < 4.78 is 0. The van der Waals surface area contributed by atoms with Crippen LogP contribution in [0.1, 0.15) is 33.6 Å². The Kier molecular flexibility index (Phi) is 7.50. The number of carboxylic acid groups (broad SMARTS) is 1. The Morgan fingerprint density at radius 3 is 2.38 bits per heavy atom. The van der Waals surface area contributed by atoms with Crippen molar-refractivity contribution < 1.29 is 14.7 Å². The molecule has 1 atom stereocenters. The molecule has 1 rings (SSSR count). The number of nitrogens with zero attached hydrogens (tertiary/aromatic N) is 2. The van der Waals surface area contributed by atoms with Crippen molar-refractivity contribution in [2.45, 2.75) is 33.6 Å². The zero-order chi connectivity index (χ0) is 15.8. The van der Waals surface area contributed by atoms with Crippen molar-refractivity contribution in [3.63, 3.8) is 0 Å². The van der Waals surface area contributed by atoms with Gasteiger partial charge >= 0.3 is 12.0 Å². The van der Waals surface area contributed by atoms with Gasteiger partial charge < -0.3 is 20.2 Å². The second kappa shape index (κ2) is 8.87. The molecule has 1 heterocycles. The molecule has 0 aromatic carbocycles. The standard InChI is InChI=1S/C15H29N3O3/c1-12(2)9-18(11-14(19)20)15(21)16-8-13(3)10-17-6-4-5-7-17/h12-13H,4-11H2,1-3H3,(H,16,21)(H,19,20). The molecule has 122 valence electrons. The summed E-state index contributed by atoms with van der Waals surface area (Å²) >= 11 is 0. The van der Waals surface area contributed by atoms with Crippen molar-refractivity contribution in [3.8, 4) is 0 Å².